The third-order valence-corrected chi connectivity index (χ3v) is 2.95. The first-order chi connectivity index (χ1) is 7.95. The highest BCUT2D eigenvalue weighted by Crippen LogP contribution is 2.40. The van der Waals surface area contributed by atoms with Crippen LogP contribution >= 0.6 is 0 Å². The van der Waals surface area contributed by atoms with Crippen molar-refractivity contribution >= 4 is 5.96 Å². The zero-order valence-electron chi connectivity index (χ0n) is 10.4. The number of ether oxygens (including phenoxy) is 1. The van der Waals surface area contributed by atoms with Crippen LogP contribution in [0.15, 0.2) is 4.99 Å². The van der Waals surface area contributed by atoms with E-state index in [-0.39, 0.29) is 25.0 Å². The van der Waals surface area contributed by atoms with E-state index in [1.54, 1.807) is 7.11 Å². The monoisotopic (exact) mass is 249 g/mol. The summed E-state index contributed by atoms with van der Waals surface area (Å²) in [5.74, 6) is -3.04. The quantitative estimate of drug-likeness (QED) is 0.571. The lowest BCUT2D eigenvalue weighted by atomic mass is 10.1. The molecule has 2 atom stereocenters. The molecule has 2 unspecified atom stereocenters. The number of guanidine groups is 1. The highest BCUT2D eigenvalue weighted by molar-refractivity contribution is 5.78. The molecule has 0 saturated heterocycles. The summed E-state index contributed by atoms with van der Waals surface area (Å²) in [6.45, 7) is 2.47. The maximum absolute atomic E-state index is 13.3. The van der Waals surface area contributed by atoms with Crippen molar-refractivity contribution in [3.63, 3.8) is 0 Å². The molecular weight excluding hydrogens is 228 g/mol. The maximum Gasteiger partial charge on any atom is 0.252 e. The van der Waals surface area contributed by atoms with E-state index in [4.69, 9.17) is 10.5 Å². The Morgan fingerprint density at radius 3 is 2.88 bits per heavy atom. The zero-order chi connectivity index (χ0) is 12.9. The lowest BCUT2D eigenvalue weighted by Gasteiger charge is -2.18. The normalized spacial score (nSPS) is 25.9. The summed E-state index contributed by atoms with van der Waals surface area (Å²) in [5.41, 5.74) is 5.61. The van der Waals surface area contributed by atoms with E-state index < -0.39 is 11.8 Å². The Morgan fingerprint density at radius 2 is 2.35 bits per heavy atom. The van der Waals surface area contributed by atoms with Crippen LogP contribution in [0.3, 0.4) is 0 Å². The average Bonchev–Trinajstić information content (AvgIpc) is 2.55. The van der Waals surface area contributed by atoms with Gasteiger partial charge in [-0.2, -0.15) is 0 Å². The largest absolute Gasteiger partial charge is 0.383 e. The third kappa shape index (κ3) is 4.46. The van der Waals surface area contributed by atoms with Gasteiger partial charge in [-0.3, -0.25) is 4.99 Å². The van der Waals surface area contributed by atoms with Crippen molar-refractivity contribution < 1.29 is 13.5 Å². The molecule has 0 bridgehead atoms. The first-order valence-electron chi connectivity index (χ1n) is 5.89. The molecule has 0 aromatic carbocycles. The molecule has 1 rings (SSSR count). The molecule has 0 radical (unpaired) electrons. The Hall–Kier alpha value is -0.910. The molecule has 17 heavy (non-hydrogen) atoms. The summed E-state index contributed by atoms with van der Waals surface area (Å²) in [5, 5.41) is 2.89. The molecule has 1 aliphatic carbocycles. The number of rotatable bonds is 5. The van der Waals surface area contributed by atoms with Crippen molar-refractivity contribution in [3.8, 4) is 0 Å². The highest BCUT2D eigenvalue weighted by atomic mass is 19.3. The van der Waals surface area contributed by atoms with Gasteiger partial charge in [0.25, 0.3) is 5.92 Å². The topological polar surface area (TPSA) is 59.6 Å². The first kappa shape index (κ1) is 14.2. The van der Waals surface area contributed by atoms with Gasteiger partial charge in [0.1, 0.15) is 0 Å². The van der Waals surface area contributed by atoms with Crippen LogP contribution in [0.5, 0.6) is 0 Å². The van der Waals surface area contributed by atoms with Crippen molar-refractivity contribution in [2.24, 2.45) is 16.6 Å². The number of nitrogens with one attached hydrogen (secondary N) is 1. The highest BCUT2D eigenvalue weighted by Gasteiger charge is 2.43. The van der Waals surface area contributed by atoms with Crippen LogP contribution in [-0.4, -0.2) is 38.2 Å². The van der Waals surface area contributed by atoms with E-state index in [9.17, 15) is 8.78 Å². The third-order valence-electron chi connectivity index (χ3n) is 2.95. The summed E-state index contributed by atoms with van der Waals surface area (Å²) >= 11 is 0. The second-order valence-electron chi connectivity index (χ2n) is 4.58. The van der Waals surface area contributed by atoms with Gasteiger partial charge < -0.3 is 15.8 Å². The molecule has 0 aromatic rings. The van der Waals surface area contributed by atoms with E-state index in [1.165, 1.54) is 0 Å². The Morgan fingerprint density at radius 1 is 1.65 bits per heavy atom. The van der Waals surface area contributed by atoms with Gasteiger partial charge in [0, 0.05) is 25.5 Å². The minimum Gasteiger partial charge on any atom is -0.383 e. The Kier molecular flexibility index (Phi) is 5.11. The van der Waals surface area contributed by atoms with E-state index in [0.717, 1.165) is 0 Å². The fourth-order valence-corrected chi connectivity index (χ4v) is 2.02. The number of alkyl halides is 2. The summed E-state index contributed by atoms with van der Waals surface area (Å²) < 4.78 is 31.5. The summed E-state index contributed by atoms with van der Waals surface area (Å²) in [4.78, 5) is 3.97. The van der Waals surface area contributed by atoms with E-state index in [0.29, 0.717) is 19.4 Å². The van der Waals surface area contributed by atoms with Gasteiger partial charge in [-0.1, -0.05) is 0 Å². The molecule has 0 heterocycles. The molecule has 0 amide bonds. The van der Waals surface area contributed by atoms with E-state index >= 15 is 0 Å². The van der Waals surface area contributed by atoms with Crippen molar-refractivity contribution in [3.05, 3.63) is 0 Å². The van der Waals surface area contributed by atoms with Gasteiger partial charge >= 0.3 is 0 Å². The smallest absolute Gasteiger partial charge is 0.252 e. The maximum atomic E-state index is 13.3. The van der Waals surface area contributed by atoms with Gasteiger partial charge in [0.15, 0.2) is 5.96 Å². The molecule has 0 aromatic heterocycles. The molecule has 6 heteroatoms. The Labute approximate surface area is 101 Å². The second-order valence-corrected chi connectivity index (χ2v) is 4.58. The fourth-order valence-electron chi connectivity index (χ4n) is 2.02. The fraction of sp³-hybridized carbons (Fsp3) is 0.909. The number of hydrogen-bond donors (Lipinski definition) is 2. The molecule has 3 N–H and O–H groups in total. The SMILES string of the molecule is COCC(C)NC(N)=NCC1CCCC1(F)F. The number of hydrogen-bond acceptors (Lipinski definition) is 2. The molecular formula is C11H21F2N3O. The van der Waals surface area contributed by atoms with Crippen LogP contribution < -0.4 is 11.1 Å². The standard InChI is InChI=1S/C11H21F2N3O/c1-8(7-17-2)16-10(14)15-6-9-4-3-5-11(9,12)13/h8-9H,3-7H2,1-2H3,(H3,14,15,16). The molecule has 100 valence electrons. The molecule has 1 fully saturated rings. The number of nitrogens with zero attached hydrogens (tertiary/aromatic N) is 1. The summed E-state index contributed by atoms with van der Waals surface area (Å²) in [6.07, 6.45) is 1.07. The van der Waals surface area contributed by atoms with Crippen molar-refractivity contribution in [2.75, 3.05) is 20.3 Å². The number of aliphatic imine (C=N–C) groups is 1. The van der Waals surface area contributed by atoms with Crippen LogP contribution in [0.25, 0.3) is 0 Å². The van der Waals surface area contributed by atoms with Gasteiger partial charge in [-0.25, -0.2) is 8.78 Å². The van der Waals surface area contributed by atoms with Gasteiger partial charge in [0.2, 0.25) is 0 Å². The van der Waals surface area contributed by atoms with Crippen LogP contribution in [0.4, 0.5) is 8.78 Å². The number of nitrogens with two attached hydrogens (primary N) is 1. The summed E-state index contributed by atoms with van der Waals surface area (Å²) in [7, 11) is 1.59. The summed E-state index contributed by atoms with van der Waals surface area (Å²) in [6, 6.07) is 0.0211. The molecule has 0 aliphatic heterocycles. The zero-order valence-corrected chi connectivity index (χ0v) is 10.4. The van der Waals surface area contributed by atoms with E-state index in [2.05, 4.69) is 10.3 Å². The van der Waals surface area contributed by atoms with Crippen LogP contribution in [0.2, 0.25) is 0 Å². The average molecular weight is 249 g/mol. The number of halogens is 2. The van der Waals surface area contributed by atoms with Gasteiger partial charge in [-0.15, -0.1) is 0 Å². The van der Waals surface area contributed by atoms with Crippen molar-refractivity contribution in [1.82, 2.24) is 5.32 Å². The lowest BCUT2D eigenvalue weighted by Crippen LogP contribution is -2.41. The van der Waals surface area contributed by atoms with Crippen LogP contribution in [0, 0.1) is 5.92 Å². The molecule has 1 aliphatic rings. The lowest BCUT2D eigenvalue weighted by molar-refractivity contribution is -0.0330. The van der Waals surface area contributed by atoms with Gasteiger partial charge in [-0.05, 0) is 19.8 Å². The van der Waals surface area contributed by atoms with Crippen LogP contribution in [-0.2, 0) is 4.74 Å². The molecule has 4 nitrogen and oxygen atoms in total. The van der Waals surface area contributed by atoms with Crippen molar-refractivity contribution in [1.29, 1.82) is 0 Å². The second kappa shape index (κ2) is 6.14. The minimum atomic E-state index is -2.58. The molecule has 1 saturated carbocycles. The predicted octanol–water partition coefficient (Wildman–Crippen LogP) is 1.36. The van der Waals surface area contributed by atoms with Crippen molar-refractivity contribution in [2.45, 2.75) is 38.2 Å². The minimum absolute atomic E-state index is 0.0211. The number of methoxy groups -OCH3 is 1. The van der Waals surface area contributed by atoms with Crippen LogP contribution in [0.1, 0.15) is 26.2 Å². The Bertz CT molecular complexity index is 271. The predicted molar refractivity (Wildman–Crippen MR) is 63.3 cm³/mol. The first-order valence-corrected chi connectivity index (χ1v) is 5.89. The Balaban J connectivity index is 2.37. The molecule has 0 spiro atoms. The van der Waals surface area contributed by atoms with Gasteiger partial charge in [0.05, 0.1) is 13.2 Å². The van der Waals surface area contributed by atoms with E-state index in [1.807, 2.05) is 6.92 Å².